The summed E-state index contributed by atoms with van der Waals surface area (Å²) >= 11 is 4.94. The van der Waals surface area contributed by atoms with Gasteiger partial charge >= 0.3 is 0 Å². The summed E-state index contributed by atoms with van der Waals surface area (Å²) in [6, 6.07) is 3.72. The first-order valence-corrected chi connectivity index (χ1v) is 7.46. The van der Waals surface area contributed by atoms with Crippen LogP contribution in [-0.4, -0.2) is 25.2 Å². The van der Waals surface area contributed by atoms with E-state index in [1.807, 2.05) is 19.1 Å². The molecule has 0 aromatic carbocycles. The number of nitrogens with zero attached hydrogens (tertiary/aromatic N) is 5. The average molecular weight is 355 g/mol. The molecule has 0 bridgehead atoms. The van der Waals surface area contributed by atoms with E-state index in [-0.39, 0.29) is 6.04 Å². The highest BCUT2D eigenvalue weighted by molar-refractivity contribution is 9.11. The van der Waals surface area contributed by atoms with Crippen molar-refractivity contribution in [3.05, 3.63) is 33.7 Å². The molecule has 1 atom stereocenters. The van der Waals surface area contributed by atoms with Crippen molar-refractivity contribution in [3.63, 3.8) is 0 Å². The minimum absolute atomic E-state index is 0.148. The van der Waals surface area contributed by atoms with Crippen LogP contribution in [-0.2, 0) is 6.54 Å². The van der Waals surface area contributed by atoms with Crippen LogP contribution < -0.4 is 5.73 Å². The van der Waals surface area contributed by atoms with Crippen molar-refractivity contribution in [3.8, 4) is 10.8 Å². The van der Waals surface area contributed by atoms with Crippen LogP contribution in [0.15, 0.2) is 26.5 Å². The van der Waals surface area contributed by atoms with E-state index in [1.165, 1.54) is 11.3 Å². The Morgan fingerprint density at radius 2 is 2.25 bits per heavy atom. The smallest absolute Gasteiger partial charge is 0.257 e. The molecule has 0 spiro atoms. The Morgan fingerprint density at radius 1 is 1.40 bits per heavy atom. The van der Waals surface area contributed by atoms with Gasteiger partial charge in [-0.25, -0.2) is 4.68 Å². The van der Waals surface area contributed by atoms with Gasteiger partial charge in [-0.15, -0.1) is 26.6 Å². The van der Waals surface area contributed by atoms with E-state index in [0.29, 0.717) is 18.3 Å². The summed E-state index contributed by atoms with van der Waals surface area (Å²) in [6.45, 7) is 2.23. The van der Waals surface area contributed by atoms with Gasteiger partial charge in [-0.05, 0) is 35.0 Å². The Morgan fingerprint density at radius 3 is 2.90 bits per heavy atom. The number of rotatable bonds is 4. The topological polar surface area (TPSA) is 95.7 Å². The molecular weight excluding hydrogens is 344 g/mol. The SMILES string of the molecule is CC(N)c1cn(Cc2nnc(-c3ccc(Br)s3)o2)nn1. The summed E-state index contributed by atoms with van der Waals surface area (Å²) < 4.78 is 8.25. The van der Waals surface area contributed by atoms with Crippen molar-refractivity contribution < 1.29 is 4.42 Å². The highest BCUT2D eigenvalue weighted by Crippen LogP contribution is 2.30. The quantitative estimate of drug-likeness (QED) is 0.771. The molecule has 3 rings (SSSR count). The first-order valence-electron chi connectivity index (χ1n) is 5.85. The summed E-state index contributed by atoms with van der Waals surface area (Å²) in [6.07, 6.45) is 1.77. The zero-order chi connectivity index (χ0) is 14.1. The van der Waals surface area contributed by atoms with Crippen LogP contribution in [0.3, 0.4) is 0 Å². The van der Waals surface area contributed by atoms with Crippen molar-refractivity contribution in [1.29, 1.82) is 0 Å². The lowest BCUT2D eigenvalue weighted by atomic mass is 10.3. The molecule has 0 aliphatic rings. The van der Waals surface area contributed by atoms with E-state index < -0.39 is 0 Å². The van der Waals surface area contributed by atoms with Gasteiger partial charge < -0.3 is 10.2 Å². The van der Waals surface area contributed by atoms with E-state index in [2.05, 4.69) is 36.4 Å². The van der Waals surface area contributed by atoms with Crippen LogP contribution in [0, 0.1) is 0 Å². The summed E-state index contributed by atoms with van der Waals surface area (Å²) in [5.41, 5.74) is 6.46. The second-order valence-electron chi connectivity index (χ2n) is 4.23. The van der Waals surface area contributed by atoms with Crippen LogP contribution in [0.25, 0.3) is 10.8 Å². The molecule has 0 aliphatic heterocycles. The highest BCUT2D eigenvalue weighted by atomic mass is 79.9. The van der Waals surface area contributed by atoms with E-state index in [1.54, 1.807) is 10.9 Å². The minimum Gasteiger partial charge on any atom is -0.418 e. The number of aromatic nitrogens is 5. The van der Waals surface area contributed by atoms with E-state index in [9.17, 15) is 0 Å². The standard InChI is InChI=1S/C11H11BrN6OS/c1-6(13)7-4-18(17-14-7)5-10-15-16-11(19-10)8-2-3-9(12)20-8/h2-4,6H,5,13H2,1H3. The van der Waals surface area contributed by atoms with Gasteiger partial charge in [-0.3, -0.25) is 0 Å². The molecule has 20 heavy (non-hydrogen) atoms. The van der Waals surface area contributed by atoms with Crippen molar-refractivity contribution in [2.75, 3.05) is 0 Å². The van der Waals surface area contributed by atoms with E-state index in [0.717, 1.165) is 14.4 Å². The molecule has 7 nitrogen and oxygen atoms in total. The maximum atomic E-state index is 5.73. The zero-order valence-electron chi connectivity index (χ0n) is 10.5. The van der Waals surface area contributed by atoms with E-state index >= 15 is 0 Å². The lowest BCUT2D eigenvalue weighted by molar-refractivity contribution is 0.470. The first kappa shape index (κ1) is 13.4. The number of halogens is 1. The molecule has 0 radical (unpaired) electrons. The van der Waals surface area contributed by atoms with E-state index in [4.69, 9.17) is 10.2 Å². The van der Waals surface area contributed by atoms with Crippen molar-refractivity contribution >= 4 is 27.3 Å². The van der Waals surface area contributed by atoms with Gasteiger partial charge in [0.05, 0.1) is 20.6 Å². The number of hydrogen-bond acceptors (Lipinski definition) is 7. The Bertz CT molecular complexity index is 718. The summed E-state index contributed by atoms with van der Waals surface area (Å²) in [5.74, 6) is 0.980. The molecule has 3 heterocycles. The first-order chi connectivity index (χ1) is 9.61. The predicted octanol–water partition coefficient (Wildman–Crippen LogP) is 2.22. The Labute approximate surface area is 126 Å². The molecule has 3 aromatic heterocycles. The fraction of sp³-hybridized carbons (Fsp3) is 0.273. The fourth-order valence-corrected chi connectivity index (χ4v) is 2.89. The normalized spacial score (nSPS) is 12.8. The summed E-state index contributed by atoms with van der Waals surface area (Å²) in [7, 11) is 0. The van der Waals surface area contributed by atoms with Crippen molar-refractivity contribution in [1.82, 2.24) is 25.2 Å². The third-order valence-corrected chi connectivity index (χ3v) is 4.18. The average Bonchev–Trinajstić information content (AvgIpc) is 3.09. The third-order valence-electron chi connectivity index (χ3n) is 2.57. The number of nitrogens with two attached hydrogens (primary N) is 1. The molecule has 0 saturated heterocycles. The van der Waals surface area contributed by atoms with Gasteiger partial charge in [0.2, 0.25) is 5.89 Å². The summed E-state index contributed by atoms with van der Waals surface area (Å²) in [4.78, 5) is 0.922. The largest absolute Gasteiger partial charge is 0.418 e. The zero-order valence-corrected chi connectivity index (χ0v) is 12.9. The lowest BCUT2D eigenvalue weighted by Crippen LogP contribution is -2.05. The molecular formula is C11H11BrN6OS. The van der Waals surface area contributed by atoms with Crippen LogP contribution in [0.4, 0.5) is 0 Å². The Kier molecular flexibility index (Phi) is 3.64. The molecule has 1 unspecified atom stereocenters. The Balaban J connectivity index is 1.76. The molecule has 0 saturated carbocycles. The molecule has 0 amide bonds. The van der Waals surface area contributed by atoms with Crippen molar-refractivity contribution in [2.24, 2.45) is 5.73 Å². The summed E-state index contributed by atoms with van der Waals surface area (Å²) in [5, 5.41) is 16.0. The highest BCUT2D eigenvalue weighted by Gasteiger charge is 2.12. The molecule has 2 N–H and O–H groups in total. The molecule has 0 aliphatic carbocycles. The van der Waals surface area contributed by atoms with Crippen LogP contribution >= 0.6 is 27.3 Å². The second-order valence-corrected chi connectivity index (χ2v) is 6.70. The van der Waals surface area contributed by atoms with Gasteiger partial charge in [0.1, 0.15) is 6.54 Å². The maximum absolute atomic E-state index is 5.73. The minimum atomic E-state index is -0.148. The lowest BCUT2D eigenvalue weighted by Gasteiger charge is -1.96. The van der Waals surface area contributed by atoms with Crippen LogP contribution in [0.2, 0.25) is 0 Å². The van der Waals surface area contributed by atoms with Gasteiger partial charge in [-0.2, -0.15) is 0 Å². The fourth-order valence-electron chi connectivity index (χ4n) is 1.58. The van der Waals surface area contributed by atoms with Gasteiger partial charge in [-0.1, -0.05) is 5.21 Å². The molecule has 9 heteroatoms. The van der Waals surface area contributed by atoms with Gasteiger partial charge in [0.15, 0.2) is 0 Å². The van der Waals surface area contributed by atoms with Crippen LogP contribution in [0.5, 0.6) is 0 Å². The number of hydrogen-bond donors (Lipinski definition) is 1. The monoisotopic (exact) mass is 354 g/mol. The second kappa shape index (κ2) is 5.43. The van der Waals surface area contributed by atoms with Crippen LogP contribution in [0.1, 0.15) is 24.6 Å². The molecule has 0 fully saturated rings. The Hall–Kier alpha value is -1.58. The molecule has 3 aromatic rings. The van der Waals surface area contributed by atoms with Crippen molar-refractivity contribution in [2.45, 2.75) is 19.5 Å². The predicted molar refractivity (Wildman–Crippen MR) is 77.0 cm³/mol. The van der Waals surface area contributed by atoms with Gasteiger partial charge in [0, 0.05) is 6.04 Å². The molecule has 104 valence electrons. The number of thiophene rings is 1. The third kappa shape index (κ3) is 2.79. The van der Waals surface area contributed by atoms with Gasteiger partial charge in [0.25, 0.3) is 5.89 Å². The maximum Gasteiger partial charge on any atom is 0.257 e.